The number of allylic oxidation sites excluding steroid dienone is 2. The van der Waals surface area contributed by atoms with E-state index in [2.05, 4.69) is 12.2 Å². The number of carbonyl (C=O) groups is 4. The van der Waals surface area contributed by atoms with Crippen LogP contribution in [0.25, 0.3) is 0 Å². The van der Waals surface area contributed by atoms with E-state index in [9.17, 15) is 19.2 Å². The molecule has 30 heavy (non-hydrogen) atoms. The molecule has 6 nitrogen and oxygen atoms in total. The van der Waals surface area contributed by atoms with Crippen LogP contribution in [0, 0.1) is 49.4 Å². The molecule has 0 N–H and O–H groups in total. The average Bonchev–Trinajstić information content (AvgIpc) is 3.51. The Morgan fingerprint density at radius 1 is 1.03 bits per heavy atom. The lowest BCUT2D eigenvalue weighted by Crippen LogP contribution is -2.45. The summed E-state index contributed by atoms with van der Waals surface area (Å²) in [6, 6.07) is 4.29. The van der Waals surface area contributed by atoms with Crippen LogP contribution in [0.15, 0.2) is 30.4 Å². The second kappa shape index (κ2) is 6.62. The first-order valence-corrected chi connectivity index (χ1v) is 10.6. The molecule has 0 radical (unpaired) electrons. The van der Waals surface area contributed by atoms with E-state index in [4.69, 9.17) is 4.74 Å². The van der Waals surface area contributed by atoms with Crippen LogP contribution in [-0.2, 0) is 19.1 Å². The number of amides is 2. The van der Waals surface area contributed by atoms with Crippen molar-refractivity contribution >= 4 is 23.6 Å². The molecule has 1 heterocycles. The quantitative estimate of drug-likeness (QED) is 0.324. The lowest BCUT2D eigenvalue weighted by atomic mass is 9.63. The molecule has 1 aromatic carbocycles. The molecule has 6 heteroatoms. The summed E-state index contributed by atoms with van der Waals surface area (Å²) in [5.41, 5.74) is 2.53. The van der Waals surface area contributed by atoms with E-state index < -0.39 is 18.6 Å². The zero-order chi connectivity index (χ0) is 21.3. The molecule has 2 saturated carbocycles. The van der Waals surface area contributed by atoms with E-state index in [0.717, 1.165) is 22.4 Å². The molecule has 5 aliphatic rings. The minimum Gasteiger partial charge on any atom is -0.456 e. The van der Waals surface area contributed by atoms with Crippen LogP contribution in [-0.4, -0.2) is 41.1 Å². The topological polar surface area (TPSA) is 80.8 Å². The number of nitrogens with zero attached hydrogens (tertiary/aromatic N) is 1. The monoisotopic (exact) mass is 407 g/mol. The molecule has 0 spiro atoms. The Morgan fingerprint density at radius 3 is 2.20 bits per heavy atom. The van der Waals surface area contributed by atoms with Gasteiger partial charge in [0.1, 0.15) is 6.04 Å². The summed E-state index contributed by atoms with van der Waals surface area (Å²) in [7, 11) is 0. The maximum Gasteiger partial charge on any atom is 0.329 e. The number of aryl methyl sites for hydroxylation is 2. The molecule has 0 aromatic heterocycles. The van der Waals surface area contributed by atoms with Crippen LogP contribution < -0.4 is 0 Å². The van der Waals surface area contributed by atoms with Crippen molar-refractivity contribution in [2.45, 2.75) is 33.2 Å². The number of ketones is 1. The molecule has 7 unspecified atom stereocenters. The van der Waals surface area contributed by atoms with Gasteiger partial charge in [-0.25, -0.2) is 4.79 Å². The van der Waals surface area contributed by atoms with E-state index >= 15 is 0 Å². The van der Waals surface area contributed by atoms with Gasteiger partial charge >= 0.3 is 5.97 Å². The van der Waals surface area contributed by atoms with Gasteiger partial charge < -0.3 is 4.74 Å². The number of hydrogen-bond acceptors (Lipinski definition) is 5. The van der Waals surface area contributed by atoms with Crippen molar-refractivity contribution in [1.82, 2.24) is 4.90 Å². The highest BCUT2D eigenvalue weighted by molar-refractivity contribution is 6.09. The zero-order valence-electron chi connectivity index (χ0n) is 17.3. The predicted octanol–water partition coefficient (Wildman–Crippen LogP) is 2.47. The zero-order valence-corrected chi connectivity index (χ0v) is 17.3. The molecule has 7 atom stereocenters. The van der Waals surface area contributed by atoms with Gasteiger partial charge in [0.25, 0.3) is 0 Å². The highest BCUT2D eigenvalue weighted by Crippen LogP contribution is 2.65. The van der Waals surface area contributed by atoms with Crippen LogP contribution in [0.2, 0.25) is 0 Å². The number of Topliss-reactive ketones (excluding diaryl/α,β-unsaturated/α-hetero) is 1. The summed E-state index contributed by atoms with van der Waals surface area (Å²) in [5.74, 6) is -1.01. The second-order valence-electron chi connectivity index (χ2n) is 9.21. The molecule has 1 saturated heterocycles. The van der Waals surface area contributed by atoms with Crippen molar-refractivity contribution in [2.75, 3.05) is 6.61 Å². The number of hydrogen-bond donors (Lipinski definition) is 0. The number of likely N-dealkylation sites (tertiary alicyclic amines) is 1. The van der Waals surface area contributed by atoms with Gasteiger partial charge in [0, 0.05) is 5.56 Å². The van der Waals surface area contributed by atoms with Gasteiger partial charge in [-0.15, -0.1) is 0 Å². The summed E-state index contributed by atoms with van der Waals surface area (Å²) in [5, 5.41) is 0. The van der Waals surface area contributed by atoms with Crippen LogP contribution in [0.4, 0.5) is 0 Å². The maximum atomic E-state index is 13.1. The van der Waals surface area contributed by atoms with Gasteiger partial charge in [0.15, 0.2) is 12.4 Å². The molecular weight excluding hydrogens is 382 g/mol. The van der Waals surface area contributed by atoms with Crippen molar-refractivity contribution in [3.8, 4) is 0 Å². The average molecular weight is 407 g/mol. The number of carbonyl (C=O) groups excluding carboxylic acids is 4. The fourth-order valence-electron chi connectivity index (χ4n) is 5.72. The van der Waals surface area contributed by atoms with Crippen LogP contribution in [0.1, 0.15) is 34.8 Å². The first-order valence-electron chi connectivity index (χ1n) is 10.6. The molecule has 6 rings (SSSR count). The Balaban J connectivity index is 1.26. The normalized spacial score (nSPS) is 33.9. The van der Waals surface area contributed by atoms with Crippen molar-refractivity contribution in [3.63, 3.8) is 0 Å². The molecular formula is C24H25NO5. The van der Waals surface area contributed by atoms with E-state index in [1.165, 1.54) is 6.92 Å². The number of esters is 1. The standard InChI is InChI=1S/C24H25NO5/c1-11-4-5-14(8-12(11)2)19(26)10-30-24(29)13(3)25-22(27)20-15-6-7-16(18-9-17(15)18)21(20)23(25)28/h4-8,13,15-18,20-21H,9-10H2,1-3H3. The largest absolute Gasteiger partial charge is 0.456 e. The van der Waals surface area contributed by atoms with E-state index in [1.54, 1.807) is 12.1 Å². The third kappa shape index (κ3) is 2.69. The number of ether oxygens (including phenoxy) is 1. The summed E-state index contributed by atoms with van der Waals surface area (Å²) >= 11 is 0. The van der Waals surface area contributed by atoms with Crippen LogP contribution in [0.3, 0.4) is 0 Å². The lowest BCUT2D eigenvalue weighted by molar-refractivity contribution is -0.157. The van der Waals surface area contributed by atoms with Gasteiger partial charge in [-0.2, -0.15) is 0 Å². The van der Waals surface area contributed by atoms with E-state index in [-0.39, 0.29) is 41.3 Å². The Hall–Kier alpha value is -2.76. The van der Waals surface area contributed by atoms with Gasteiger partial charge in [0.2, 0.25) is 11.8 Å². The van der Waals surface area contributed by atoms with Crippen molar-refractivity contribution < 1.29 is 23.9 Å². The molecule has 3 fully saturated rings. The van der Waals surface area contributed by atoms with E-state index in [1.807, 2.05) is 19.9 Å². The molecule has 156 valence electrons. The van der Waals surface area contributed by atoms with Crippen molar-refractivity contribution in [1.29, 1.82) is 0 Å². The summed E-state index contributed by atoms with van der Waals surface area (Å²) in [4.78, 5) is 52.2. The summed E-state index contributed by atoms with van der Waals surface area (Å²) in [6.45, 7) is 4.96. The second-order valence-corrected chi connectivity index (χ2v) is 9.21. The van der Waals surface area contributed by atoms with Gasteiger partial charge in [-0.3, -0.25) is 19.3 Å². The third-order valence-corrected chi connectivity index (χ3v) is 7.60. The molecule has 2 bridgehead atoms. The highest BCUT2D eigenvalue weighted by atomic mass is 16.5. The first-order chi connectivity index (χ1) is 14.3. The van der Waals surface area contributed by atoms with Gasteiger partial charge in [0.05, 0.1) is 11.8 Å². The summed E-state index contributed by atoms with van der Waals surface area (Å²) < 4.78 is 5.20. The highest BCUT2D eigenvalue weighted by Gasteiger charge is 2.67. The summed E-state index contributed by atoms with van der Waals surface area (Å²) in [6.07, 6.45) is 5.29. The predicted molar refractivity (Wildman–Crippen MR) is 107 cm³/mol. The SMILES string of the molecule is Cc1ccc(C(=O)COC(=O)C(C)N2C(=O)C3C4C=CC(C5CC45)C3C2=O)cc1C. The Morgan fingerprint density at radius 2 is 1.63 bits per heavy atom. The minimum absolute atomic E-state index is 0.112. The number of rotatable bonds is 5. The Labute approximate surface area is 175 Å². The Kier molecular flexibility index (Phi) is 4.24. The van der Waals surface area contributed by atoms with Crippen molar-refractivity contribution in [2.24, 2.45) is 35.5 Å². The molecule has 1 aliphatic heterocycles. The maximum absolute atomic E-state index is 13.1. The van der Waals surface area contributed by atoms with Crippen molar-refractivity contribution in [3.05, 3.63) is 47.0 Å². The Bertz CT molecular complexity index is 975. The van der Waals surface area contributed by atoms with Gasteiger partial charge in [-0.1, -0.05) is 24.3 Å². The van der Waals surface area contributed by atoms with E-state index in [0.29, 0.717) is 17.4 Å². The number of benzene rings is 1. The third-order valence-electron chi connectivity index (χ3n) is 7.60. The molecule has 4 aliphatic carbocycles. The fourth-order valence-corrected chi connectivity index (χ4v) is 5.72. The van der Waals surface area contributed by atoms with Gasteiger partial charge in [-0.05, 0) is 68.1 Å². The molecule has 2 amide bonds. The first kappa shape index (κ1) is 19.2. The van der Waals surface area contributed by atoms with Crippen LogP contribution in [0.5, 0.6) is 0 Å². The van der Waals surface area contributed by atoms with Crippen LogP contribution >= 0.6 is 0 Å². The minimum atomic E-state index is -1.03. The molecule has 1 aromatic rings. The number of imide groups is 1. The fraction of sp³-hybridized carbons (Fsp3) is 0.500. The smallest absolute Gasteiger partial charge is 0.329 e. The lowest BCUT2D eigenvalue weighted by Gasteiger charge is -2.37.